The van der Waals surface area contributed by atoms with Gasteiger partial charge in [0.15, 0.2) is 0 Å². The SMILES string of the molecule is c1ccc(N(c2ccccc2)c2ccc(-c3ccc(-c4ccc5ccc6cccc7ccc4c5c67)cc3)cc2)cc1. The Labute approximate surface area is 239 Å². The van der Waals surface area contributed by atoms with Gasteiger partial charge in [0.2, 0.25) is 0 Å². The molecule has 0 spiro atoms. The topological polar surface area (TPSA) is 3.24 Å². The third kappa shape index (κ3) is 4.02. The van der Waals surface area contributed by atoms with Crippen molar-refractivity contribution in [3.05, 3.63) is 164 Å². The summed E-state index contributed by atoms with van der Waals surface area (Å²) >= 11 is 0. The average Bonchev–Trinajstić information content (AvgIpc) is 3.05. The Morgan fingerprint density at radius 1 is 0.293 bits per heavy atom. The summed E-state index contributed by atoms with van der Waals surface area (Å²) < 4.78 is 0. The molecule has 0 aliphatic rings. The molecule has 0 aromatic heterocycles. The van der Waals surface area contributed by atoms with Crippen LogP contribution in [0.1, 0.15) is 0 Å². The molecule has 0 saturated carbocycles. The van der Waals surface area contributed by atoms with Crippen LogP contribution in [0.15, 0.2) is 164 Å². The Morgan fingerprint density at radius 2 is 0.756 bits per heavy atom. The van der Waals surface area contributed by atoms with E-state index in [1.807, 2.05) is 0 Å². The van der Waals surface area contributed by atoms with Crippen molar-refractivity contribution in [2.24, 2.45) is 0 Å². The van der Waals surface area contributed by atoms with E-state index in [1.54, 1.807) is 0 Å². The lowest BCUT2D eigenvalue weighted by molar-refractivity contribution is 1.28. The molecule has 0 unspecified atom stereocenters. The largest absolute Gasteiger partial charge is 0.311 e. The number of benzene rings is 8. The van der Waals surface area contributed by atoms with Crippen molar-refractivity contribution < 1.29 is 0 Å². The molecular weight excluding hydrogens is 494 g/mol. The van der Waals surface area contributed by atoms with Gasteiger partial charge in [-0.2, -0.15) is 0 Å². The van der Waals surface area contributed by atoms with Crippen LogP contribution >= 0.6 is 0 Å². The second kappa shape index (κ2) is 9.66. The van der Waals surface area contributed by atoms with Crippen LogP contribution in [0.25, 0.3) is 54.6 Å². The molecular formula is C40H27N. The van der Waals surface area contributed by atoms with E-state index in [-0.39, 0.29) is 0 Å². The average molecular weight is 522 g/mol. The lowest BCUT2D eigenvalue weighted by atomic mass is 9.89. The smallest absolute Gasteiger partial charge is 0.0462 e. The Balaban J connectivity index is 1.15. The lowest BCUT2D eigenvalue weighted by Gasteiger charge is -2.25. The van der Waals surface area contributed by atoms with E-state index >= 15 is 0 Å². The second-order valence-corrected chi connectivity index (χ2v) is 10.6. The van der Waals surface area contributed by atoms with Crippen LogP contribution in [-0.2, 0) is 0 Å². The molecule has 0 N–H and O–H groups in total. The van der Waals surface area contributed by atoms with E-state index < -0.39 is 0 Å². The van der Waals surface area contributed by atoms with E-state index in [1.165, 1.54) is 54.6 Å². The molecule has 0 aliphatic heterocycles. The minimum atomic E-state index is 1.14. The first-order valence-electron chi connectivity index (χ1n) is 14.1. The van der Waals surface area contributed by atoms with Crippen LogP contribution in [0.4, 0.5) is 17.1 Å². The predicted octanol–water partition coefficient (Wildman–Crippen LogP) is 11.4. The fourth-order valence-corrected chi connectivity index (χ4v) is 6.23. The molecule has 0 amide bonds. The second-order valence-electron chi connectivity index (χ2n) is 10.6. The van der Waals surface area contributed by atoms with Crippen LogP contribution in [-0.4, -0.2) is 0 Å². The summed E-state index contributed by atoms with van der Waals surface area (Å²) in [6.45, 7) is 0. The van der Waals surface area contributed by atoms with Crippen LogP contribution in [0, 0.1) is 0 Å². The first kappa shape index (κ1) is 23.5. The van der Waals surface area contributed by atoms with E-state index in [0.29, 0.717) is 0 Å². The third-order valence-corrected chi connectivity index (χ3v) is 8.21. The van der Waals surface area contributed by atoms with Gasteiger partial charge >= 0.3 is 0 Å². The molecule has 0 bridgehead atoms. The summed E-state index contributed by atoms with van der Waals surface area (Å²) in [7, 11) is 0. The minimum absolute atomic E-state index is 1.14. The first-order chi connectivity index (χ1) is 20.3. The number of rotatable bonds is 5. The van der Waals surface area contributed by atoms with Crippen molar-refractivity contribution in [1.29, 1.82) is 0 Å². The third-order valence-electron chi connectivity index (χ3n) is 8.21. The maximum Gasteiger partial charge on any atom is 0.0462 e. The van der Waals surface area contributed by atoms with E-state index in [4.69, 9.17) is 0 Å². The molecule has 0 radical (unpaired) electrons. The van der Waals surface area contributed by atoms with Crippen LogP contribution in [0.3, 0.4) is 0 Å². The molecule has 1 heteroatoms. The van der Waals surface area contributed by atoms with Gasteiger partial charge in [-0.25, -0.2) is 0 Å². The molecule has 0 fully saturated rings. The summed E-state index contributed by atoms with van der Waals surface area (Å²) in [5.74, 6) is 0. The normalized spacial score (nSPS) is 11.4. The Kier molecular flexibility index (Phi) is 5.53. The highest BCUT2D eigenvalue weighted by molar-refractivity contribution is 6.25. The maximum atomic E-state index is 2.29. The Bertz CT molecular complexity index is 2050. The summed E-state index contributed by atoms with van der Waals surface area (Å²) in [6, 6.07) is 59.1. The van der Waals surface area contributed by atoms with Crippen molar-refractivity contribution >= 4 is 49.4 Å². The highest BCUT2D eigenvalue weighted by atomic mass is 15.1. The van der Waals surface area contributed by atoms with Crippen molar-refractivity contribution in [1.82, 2.24) is 0 Å². The van der Waals surface area contributed by atoms with E-state index in [0.717, 1.165) is 17.1 Å². The van der Waals surface area contributed by atoms with Gasteiger partial charge in [0.05, 0.1) is 0 Å². The molecule has 1 nitrogen and oxygen atoms in total. The van der Waals surface area contributed by atoms with Gasteiger partial charge in [-0.1, -0.05) is 127 Å². The number of para-hydroxylation sites is 2. The van der Waals surface area contributed by atoms with Crippen molar-refractivity contribution in [2.75, 3.05) is 4.90 Å². The van der Waals surface area contributed by atoms with Crippen LogP contribution < -0.4 is 4.90 Å². The monoisotopic (exact) mass is 521 g/mol. The molecule has 0 saturated heterocycles. The van der Waals surface area contributed by atoms with Gasteiger partial charge < -0.3 is 4.90 Å². The highest BCUT2D eigenvalue weighted by Crippen LogP contribution is 2.40. The summed E-state index contributed by atoms with van der Waals surface area (Å²) in [4.78, 5) is 2.29. The predicted molar refractivity (Wildman–Crippen MR) is 176 cm³/mol. The molecule has 8 rings (SSSR count). The Hall–Kier alpha value is -5.40. The van der Waals surface area contributed by atoms with E-state index in [9.17, 15) is 0 Å². The minimum Gasteiger partial charge on any atom is -0.311 e. The fourth-order valence-electron chi connectivity index (χ4n) is 6.23. The van der Waals surface area contributed by atoms with Crippen molar-refractivity contribution in [2.45, 2.75) is 0 Å². The lowest BCUT2D eigenvalue weighted by Crippen LogP contribution is -2.09. The molecule has 8 aromatic carbocycles. The summed E-state index contributed by atoms with van der Waals surface area (Å²) in [6.07, 6.45) is 0. The summed E-state index contributed by atoms with van der Waals surface area (Å²) in [5, 5.41) is 7.93. The molecule has 41 heavy (non-hydrogen) atoms. The van der Waals surface area contributed by atoms with Gasteiger partial charge in [-0.15, -0.1) is 0 Å². The molecule has 0 atom stereocenters. The number of anilines is 3. The number of hydrogen-bond acceptors (Lipinski definition) is 1. The molecule has 0 heterocycles. The maximum absolute atomic E-state index is 2.29. The van der Waals surface area contributed by atoms with Gasteiger partial charge in [0, 0.05) is 17.1 Å². The summed E-state index contributed by atoms with van der Waals surface area (Å²) in [5.41, 5.74) is 8.35. The first-order valence-corrected chi connectivity index (χ1v) is 14.1. The van der Waals surface area contributed by atoms with Crippen molar-refractivity contribution in [3.63, 3.8) is 0 Å². The Morgan fingerprint density at radius 3 is 1.37 bits per heavy atom. The zero-order chi connectivity index (χ0) is 27.2. The number of nitrogens with zero attached hydrogens (tertiary/aromatic N) is 1. The number of hydrogen-bond donors (Lipinski definition) is 0. The highest BCUT2D eigenvalue weighted by Gasteiger charge is 2.14. The van der Waals surface area contributed by atoms with Gasteiger partial charge in [0.25, 0.3) is 0 Å². The fraction of sp³-hybridized carbons (Fsp3) is 0. The zero-order valence-electron chi connectivity index (χ0n) is 22.5. The van der Waals surface area contributed by atoms with Crippen LogP contribution in [0.5, 0.6) is 0 Å². The van der Waals surface area contributed by atoms with E-state index in [2.05, 4.69) is 169 Å². The molecule has 0 aliphatic carbocycles. The van der Waals surface area contributed by atoms with Gasteiger partial charge in [-0.05, 0) is 91.0 Å². The van der Waals surface area contributed by atoms with Crippen LogP contribution in [0.2, 0.25) is 0 Å². The van der Waals surface area contributed by atoms with Crippen molar-refractivity contribution in [3.8, 4) is 22.3 Å². The molecule has 192 valence electrons. The van der Waals surface area contributed by atoms with Gasteiger partial charge in [-0.3, -0.25) is 0 Å². The molecule has 8 aromatic rings. The van der Waals surface area contributed by atoms with Gasteiger partial charge in [0.1, 0.15) is 0 Å². The standard InChI is InChI=1S/C40H27N/c1-3-10-34(11-4-1)41(35-12-5-2-6-13-35)36-24-20-29(21-25-36)28-14-16-30(17-15-28)37-26-22-33-19-18-31-8-7-9-32-23-27-38(37)40(33)39(31)32/h1-27H. The zero-order valence-corrected chi connectivity index (χ0v) is 22.5. The quantitative estimate of drug-likeness (QED) is 0.204.